The first-order valence-corrected chi connectivity index (χ1v) is 6.75. The molecule has 8 heteroatoms. The largest absolute Gasteiger partial charge is 0.429 e. The van der Waals surface area contributed by atoms with Crippen molar-refractivity contribution >= 4 is 48.9 Å². The molecule has 2 aromatic rings. The summed E-state index contributed by atoms with van der Waals surface area (Å²) in [6, 6.07) is 4.31. The number of thiazole rings is 1. The monoisotopic (exact) mass is 378 g/mol. The van der Waals surface area contributed by atoms with E-state index in [1.807, 2.05) is 0 Å². The molecule has 0 saturated carbocycles. The van der Waals surface area contributed by atoms with Crippen molar-refractivity contribution in [2.45, 2.75) is 0 Å². The summed E-state index contributed by atoms with van der Waals surface area (Å²) in [7, 11) is 0. The fourth-order valence-corrected chi connectivity index (χ4v) is 2.49. The molecule has 0 saturated heterocycles. The lowest BCUT2D eigenvalue weighted by molar-refractivity contribution is -0.384. The summed E-state index contributed by atoms with van der Waals surface area (Å²) in [5.74, 6) is 0.362. The van der Waals surface area contributed by atoms with Crippen molar-refractivity contribution in [1.82, 2.24) is 4.98 Å². The smallest absolute Gasteiger partial charge is 0.279 e. The summed E-state index contributed by atoms with van der Waals surface area (Å²) in [4.78, 5) is 14.2. The molecule has 88 valence electrons. The number of aromatic nitrogens is 1. The van der Waals surface area contributed by atoms with Crippen LogP contribution < -0.4 is 4.74 Å². The van der Waals surface area contributed by atoms with Crippen LogP contribution in [0.2, 0.25) is 0 Å². The Bertz CT molecular complexity index is 573. The Labute approximate surface area is 117 Å². The number of hydrogen-bond acceptors (Lipinski definition) is 5. The molecule has 0 N–H and O–H groups in total. The third-order valence-corrected chi connectivity index (χ3v) is 3.86. The summed E-state index contributed by atoms with van der Waals surface area (Å²) in [6.07, 6.45) is 0. The first-order chi connectivity index (χ1) is 8.06. The van der Waals surface area contributed by atoms with Crippen LogP contribution in [-0.4, -0.2) is 9.91 Å². The molecular formula is C9H4Br2N2O3S. The van der Waals surface area contributed by atoms with Crippen molar-refractivity contribution < 1.29 is 9.66 Å². The van der Waals surface area contributed by atoms with Gasteiger partial charge in [0, 0.05) is 11.4 Å². The van der Waals surface area contributed by atoms with Gasteiger partial charge in [-0.2, -0.15) is 4.98 Å². The van der Waals surface area contributed by atoms with Crippen LogP contribution in [0.5, 0.6) is 10.9 Å². The van der Waals surface area contributed by atoms with Gasteiger partial charge >= 0.3 is 0 Å². The number of nitro groups is 1. The van der Waals surface area contributed by atoms with Crippen LogP contribution in [0.1, 0.15) is 0 Å². The van der Waals surface area contributed by atoms with Gasteiger partial charge in [0.15, 0.2) is 5.75 Å². The van der Waals surface area contributed by atoms with E-state index in [-0.39, 0.29) is 5.69 Å². The van der Waals surface area contributed by atoms with Crippen LogP contribution in [0.4, 0.5) is 5.69 Å². The summed E-state index contributed by atoms with van der Waals surface area (Å²) < 4.78 is 6.75. The van der Waals surface area contributed by atoms with Crippen LogP contribution in [-0.2, 0) is 0 Å². The lowest BCUT2D eigenvalue weighted by atomic mass is 10.3. The average molecular weight is 380 g/mol. The minimum absolute atomic E-state index is 0.0289. The molecule has 1 aromatic carbocycles. The SMILES string of the molecule is O=[N+]([O-])c1ccc(Br)c(Oc2nc(Br)cs2)c1. The van der Waals surface area contributed by atoms with Crippen LogP contribution in [0, 0.1) is 10.1 Å². The van der Waals surface area contributed by atoms with Gasteiger partial charge in [-0.05, 0) is 37.9 Å². The zero-order valence-corrected chi connectivity index (χ0v) is 12.1. The Morgan fingerprint density at radius 3 is 2.76 bits per heavy atom. The maximum atomic E-state index is 10.6. The fourth-order valence-electron chi connectivity index (χ4n) is 1.06. The minimum atomic E-state index is -0.475. The van der Waals surface area contributed by atoms with Gasteiger partial charge in [-0.3, -0.25) is 10.1 Å². The predicted molar refractivity (Wildman–Crippen MR) is 70.7 cm³/mol. The summed E-state index contributed by atoms with van der Waals surface area (Å²) >= 11 is 7.76. The molecule has 0 aliphatic rings. The van der Waals surface area contributed by atoms with Crippen LogP contribution >= 0.6 is 43.2 Å². The van der Waals surface area contributed by atoms with Gasteiger partial charge in [0.1, 0.15) is 4.60 Å². The molecule has 0 bridgehead atoms. The first kappa shape index (κ1) is 12.5. The van der Waals surface area contributed by atoms with Gasteiger partial charge in [0.25, 0.3) is 10.9 Å². The van der Waals surface area contributed by atoms with Crippen molar-refractivity contribution in [3.05, 3.63) is 42.8 Å². The topological polar surface area (TPSA) is 65.3 Å². The molecule has 5 nitrogen and oxygen atoms in total. The second kappa shape index (κ2) is 5.11. The first-order valence-electron chi connectivity index (χ1n) is 4.29. The van der Waals surface area contributed by atoms with Crippen molar-refractivity contribution in [1.29, 1.82) is 0 Å². The van der Waals surface area contributed by atoms with Crippen molar-refractivity contribution in [3.8, 4) is 10.9 Å². The van der Waals surface area contributed by atoms with E-state index in [1.54, 1.807) is 11.4 Å². The standard InChI is InChI=1S/C9H4Br2N2O3S/c10-6-2-1-5(13(14)15)3-7(6)16-9-12-8(11)4-17-9/h1-4H. The van der Waals surface area contributed by atoms with E-state index >= 15 is 0 Å². The molecule has 0 spiro atoms. The third kappa shape index (κ3) is 3.02. The van der Waals surface area contributed by atoms with Crippen molar-refractivity contribution in [2.75, 3.05) is 0 Å². The van der Waals surface area contributed by atoms with Gasteiger partial charge in [-0.15, -0.1) is 0 Å². The summed E-state index contributed by atoms with van der Waals surface area (Å²) in [5, 5.41) is 12.8. The van der Waals surface area contributed by atoms with E-state index in [0.29, 0.717) is 20.0 Å². The quantitative estimate of drug-likeness (QED) is 0.586. The Morgan fingerprint density at radius 2 is 2.18 bits per heavy atom. The molecule has 0 atom stereocenters. The number of rotatable bonds is 3. The van der Waals surface area contributed by atoms with Crippen molar-refractivity contribution in [3.63, 3.8) is 0 Å². The summed E-state index contributed by atoms with van der Waals surface area (Å²) in [6.45, 7) is 0. The maximum absolute atomic E-state index is 10.6. The molecule has 2 rings (SSSR count). The normalized spacial score (nSPS) is 10.2. The molecule has 0 radical (unpaired) electrons. The lowest BCUT2D eigenvalue weighted by Crippen LogP contribution is -1.90. The highest BCUT2D eigenvalue weighted by atomic mass is 79.9. The molecule has 17 heavy (non-hydrogen) atoms. The molecule has 1 aromatic heterocycles. The molecule has 0 aliphatic carbocycles. The second-order valence-electron chi connectivity index (χ2n) is 2.91. The lowest BCUT2D eigenvalue weighted by Gasteiger charge is -2.03. The fraction of sp³-hybridized carbons (Fsp3) is 0. The minimum Gasteiger partial charge on any atom is -0.429 e. The van der Waals surface area contributed by atoms with Crippen molar-refractivity contribution in [2.24, 2.45) is 0 Å². The average Bonchev–Trinajstić information content (AvgIpc) is 2.67. The zero-order chi connectivity index (χ0) is 12.4. The molecule has 1 heterocycles. The summed E-state index contributed by atoms with van der Waals surface area (Å²) in [5.41, 5.74) is -0.0289. The van der Waals surface area contributed by atoms with E-state index in [0.717, 1.165) is 0 Å². The molecular weight excluding hydrogens is 376 g/mol. The highest BCUT2D eigenvalue weighted by Gasteiger charge is 2.12. The van der Waals surface area contributed by atoms with Crippen LogP contribution in [0.3, 0.4) is 0 Å². The number of benzene rings is 1. The van der Waals surface area contributed by atoms with Crippen LogP contribution in [0.25, 0.3) is 0 Å². The number of ether oxygens (including phenoxy) is 1. The maximum Gasteiger partial charge on any atom is 0.279 e. The van der Waals surface area contributed by atoms with Gasteiger partial charge < -0.3 is 4.74 Å². The van der Waals surface area contributed by atoms with Gasteiger partial charge in [0.2, 0.25) is 0 Å². The Kier molecular flexibility index (Phi) is 3.75. The molecule has 0 fully saturated rings. The van der Waals surface area contributed by atoms with E-state index in [2.05, 4.69) is 36.8 Å². The van der Waals surface area contributed by atoms with E-state index < -0.39 is 4.92 Å². The Morgan fingerprint density at radius 1 is 1.41 bits per heavy atom. The van der Waals surface area contributed by atoms with E-state index in [9.17, 15) is 10.1 Å². The molecule has 0 aliphatic heterocycles. The second-order valence-corrected chi connectivity index (χ2v) is 5.40. The Balaban J connectivity index is 2.31. The third-order valence-electron chi connectivity index (χ3n) is 1.78. The van der Waals surface area contributed by atoms with E-state index in [4.69, 9.17) is 4.74 Å². The molecule has 0 amide bonds. The molecule has 0 unspecified atom stereocenters. The number of non-ortho nitro benzene ring substituents is 1. The Hall–Kier alpha value is -0.990. The number of hydrogen-bond donors (Lipinski definition) is 0. The van der Waals surface area contributed by atoms with Crippen LogP contribution in [0.15, 0.2) is 32.7 Å². The van der Waals surface area contributed by atoms with Gasteiger partial charge in [0.05, 0.1) is 15.5 Å². The number of halogens is 2. The van der Waals surface area contributed by atoms with Gasteiger partial charge in [-0.25, -0.2) is 0 Å². The highest BCUT2D eigenvalue weighted by molar-refractivity contribution is 9.10. The number of nitro benzene ring substituents is 1. The number of nitrogens with zero attached hydrogens (tertiary/aromatic N) is 2. The zero-order valence-electron chi connectivity index (χ0n) is 8.09. The van der Waals surface area contributed by atoms with Gasteiger partial charge in [-0.1, -0.05) is 11.3 Å². The van der Waals surface area contributed by atoms with E-state index in [1.165, 1.54) is 23.5 Å². The highest BCUT2D eigenvalue weighted by Crippen LogP contribution is 2.34. The predicted octanol–water partition coefficient (Wildman–Crippen LogP) is 4.37.